The number of hydrogen-bond donors (Lipinski definition) is 0. The van der Waals surface area contributed by atoms with Crippen LogP contribution < -0.4 is 10.6 Å². The van der Waals surface area contributed by atoms with E-state index < -0.39 is 14.2 Å². The van der Waals surface area contributed by atoms with Gasteiger partial charge in [-0.3, -0.25) is 0 Å². The third kappa shape index (κ3) is 4.28. The first-order chi connectivity index (χ1) is 10.2. The average Bonchev–Trinajstić information content (AvgIpc) is 2.50. The van der Waals surface area contributed by atoms with Crippen molar-refractivity contribution in [2.45, 2.75) is 13.8 Å². The number of benzene rings is 2. The molecule has 0 heterocycles. The maximum Gasteiger partial charge on any atom is 0.186 e. The summed E-state index contributed by atoms with van der Waals surface area (Å²) in [6.07, 6.45) is 0. The average molecular weight is 338 g/mol. The molecule has 0 fully saturated rings. The third-order valence-corrected chi connectivity index (χ3v) is 11.7. The Kier molecular flexibility index (Phi) is 6.67. The van der Waals surface area contributed by atoms with Crippen LogP contribution in [0.2, 0.25) is 0 Å². The van der Waals surface area contributed by atoms with E-state index in [1.165, 1.54) is 10.6 Å². The molecule has 0 aromatic heterocycles. The van der Waals surface area contributed by atoms with E-state index in [9.17, 15) is 0 Å². The summed E-state index contributed by atoms with van der Waals surface area (Å²) >= 11 is 5.88. The molecule has 2 nitrogen and oxygen atoms in total. The lowest BCUT2D eigenvalue weighted by Gasteiger charge is -2.35. The molecular formula is C16H20O2P2S. The second-order valence-electron chi connectivity index (χ2n) is 4.29. The fourth-order valence-corrected chi connectivity index (χ4v) is 11.0. The van der Waals surface area contributed by atoms with Crippen LogP contribution in [0.5, 0.6) is 0 Å². The van der Waals surface area contributed by atoms with E-state index in [1.807, 2.05) is 50.2 Å². The van der Waals surface area contributed by atoms with Gasteiger partial charge in [0.25, 0.3) is 0 Å². The summed E-state index contributed by atoms with van der Waals surface area (Å²) in [6.45, 7) is 2.73. The molecule has 0 atom stereocenters. The summed E-state index contributed by atoms with van der Waals surface area (Å²) < 4.78 is 11.9. The van der Waals surface area contributed by atoms with E-state index in [2.05, 4.69) is 24.3 Å². The molecule has 0 spiro atoms. The van der Waals surface area contributed by atoms with Crippen LogP contribution in [0.4, 0.5) is 0 Å². The topological polar surface area (TPSA) is 18.5 Å². The van der Waals surface area contributed by atoms with Crippen molar-refractivity contribution in [3.63, 3.8) is 0 Å². The normalized spacial score (nSPS) is 11.8. The van der Waals surface area contributed by atoms with Gasteiger partial charge in [-0.2, -0.15) is 0 Å². The molecule has 0 N–H and O–H groups in total. The molecule has 2 rings (SSSR count). The summed E-state index contributed by atoms with van der Waals surface area (Å²) in [5.74, 6) is 0. The minimum absolute atomic E-state index is 0.579. The highest BCUT2D eigenvalue weighted by atomic mass is 32.9. The van der Waals surface area contributed by atoms with Crippen LogP contribution in [0, 0.1) is 0 Å². The molecule has 0 amide bonds. The predicted molar refractivity (Wildman–Crippen MR) is 96.6 cm³/mol. The molecule has 0 radical (unpaired) electrons. The van der Waals surface area contributed by atoms with Crippen LogP contribution in [0.15, 0.2) is 60.7 Å². The van der Waals surface area contributed by atoms with Gasteiger partial charge in [0.1, 0.15) is 0 Å². The molecule has 0 unspecified atom stereocenters. The van der Waals surface area contributed by atoms with Crippen molar-refractivity contribution in [1.29, 1.82) is 0 Å². The molecule has 2 aromatic carbocycles. The highest BCUT2D eigenvalue weighted by Crippen LogP contribution is 2.82. The van der Waals surface area contributed by atoms with E-state index in [-0.39, 0.29) is 0 Å². The van der Waals surface area contributed by atoms with Gasteiger partial charge in [-0.1, -0.05) is 60.7 Å². The van der Waals surface area contributed by atoms with Crippen LogP contribution in [0.1, 0.15) is 13.8 Å². The molecule has 0 bridgehead atoms. The molecule has 112 valence electrons. The van der Waals surface area contributed by atoms with Gasteiger partial charge in [0, 0.05) is 10.6 Å². The molecule has 2 aromatic rings. The zero-order valence-electron chi connectivity index (χ0n) is 12.3. The van der Waals surface area contributed by atoms with Crippen molar-refractivity contribution < 1.29 is 9.05 Å². The molecular weight excluding hydrogens is 318 g/mol. The van der Waals surface area contributed by atoms with Crippen molar-refractivity contribution in [2.24, 2.45) is 0 Å². The zero-order valence-corrected chi connectivity index (χ0v) is 14.9. The first-order valence-corrected chi connectivity index (χ1v) is 11.7. The minimum Gasteiger partial charge on any atom is -0.489 e. The Hall–Kier alpha value is -0.430. The van der Waals surface area contributed by atoms with E-state index >= 15 is 0 Å². The highest BCUT2D eigenvalue weighted by molar-refractivity contribution is 8.70. The van der Waals surface area contributed by atoms with Gasteiger partial charge < -0.3 is 12.2 Å². The van der Waals surface area contributed by atoms with Gasteiger partial charge >= 0.3 is 0 Å². The third-order valence-electron chi connectivity index (χ3n) is 2.83. The highest BCUT2D eigenvalue weighted by Gasteiger charge is 2.41. The van der Waals surface area contributed by atoms with Gasteiger partial charge in [-0.15, -0.1) is 0 Å². The largest absolute Gasteiger partial charge is 0.489 e. The van der Waals surface area contributed by atoms with Crippen molar-refractivity contribution in [3.8, 4) is 0 Å². The fourth-order valence-electron chi connectivity index (χ4n) is 2.05. The Morgan fingerprint density at radius 3 is 1.52 bits per heavy atom. The van der Waals surface area contributed by atoms with E-state index in [1.54, 1.807) is 0 Å². The lowest BCUT2D eigenvalue weighted by molar-refractivity contribution is 0.277. The quantitative estimate of drug-likeness (QED) is 0.550. The van der Waals surface area contributed by atoms with Gasteiger partial charge in [0.05, 0.1) is 13.2 Å². The second-order valence-corrected chi connectivity index (χ2v) is 12.4. The summed E-state index contributed by atoms with van der Waals surface area (Å²) in [6, 6.07) is 20.7. The van der Waals surface area contributed by atoms with Crippen LogP contribution in [0.25, 0.3) is 0 Å². The maximum atomic E-state index is 5.97. The van der Waals surface area contributed by atoms with Crippen molar-refractivity contribution >= 4 is 37.1 Å². The smallest absolute Gasteiger partial charge is 0.186 e. The van der Waals surface area contributed by atoms with Crippen LogP contribution in [-0.2, 0) is 21.3 Å². The van der Waals surface area contributed by atoms with Crippen LogP contribution >= 0.6 is 14.2 Å². The monoisotopic (exact) mass is 338 g/mol. The van der Waals surface area contributed by atoms with Crippen molar-refractivity contribution in [3.05, 3.63) is 60.7 Å². The van der Waals surface area contributed by atoms with Gasteiger partial charge in [0.15, 0.2) is 14.2 Å². The Balaban J connectivity index is 2.49. The van der Waals surface area contributed by atoms with Crippen LogP contribution in [0.3, 0.4) is 0 Å². The fraction of sp³-hybridized carbons (Fsp3) is 0.250. The molecule has 5 heteroatoms. The Morgan fingerprint density at radius 2 is 1.19 bits per heavy atom. The van der Waals surface area contributed by atoms with Crippen molar-refractivity contribution in [1.82, 2.24) is 0 Å². The summed E-state index contributed by atoms with van der Waals surface area (Å²) in [4.78, 5) is 0. The Bertz CT molecular complexity index is 491. The second kappa shape index (κ2) is 8.27. The van der Waals surface area contributed by atoms with E-state index in [0.717, 1.165) is 0 Å². The predicted octanol–water partition coefficient (Wildman–Crippen LogP) is 4.42. The molecule has 0 saturated carbocycles. The van der Waals surface area contributed by atoms with E-state index in [0.29, 0.717) is 13.2 Å². The molecule has 21 heavy (non-hydrogen) atoms. The summed E-state index contributed by atoms with van der Waals surface area (Å²) in [5.41, 5.74) is 0. The number of hydrogen-bond acceptors (Lipinski definition) is 3. The minimum atomic E-state index is -2.38. The zero-order chi connectivity index (χ0) is 15.1. The first-order valence-electron chi connectivity index (χ1n) is 7.01. The Labute approximate surface area is 134 Å². The maximum absolute atomic E-state index is 5.97. The van der Waals surface area contributed by atoms with Crippen molar-refractivity contribution in [2.75, 3.05) is 13.2 Å². The lowest BCUT2D eigenvalue weighted by Crippen LogP contribution is -2.16. The molecule has 0 aliphatic heterocycles. The van der Waals surface area contributed by atoms with Gasteiger partial charge in [-0.05, 0) is 13.8 Å². The lowest BCUT2D eigenvalue weighted by atomic mass is 10.4. The SMILES string of the molecule is CCO[P+]([S-])(OCC)P(c1ccccc1)c1ccccc1. The summed E-state index contributed by atoms with van der Waals surface area (Å²) in [5, 5.41) is 2.42. The first kappa shape index (κ1) is 16.9. The van der Waals surface area contributed by atoms with E-state index in [4.69, 9.17) is 21.3 Å². The van der Waals surface area contributed by atoms with Gasteiger partial charge in [-0.25, -0.2) is 9.05 Å². The molecule has 0 aliphatic carbocycles. The van der Waals surface area contributed by atoms with Gasteiger partial charge in [0.2, 0.25) is 0 Å². The molecule has 0 saturated heterocycles. The standard InChI is InChI=1S/C16H20O2P2S/c1-3-17-20(21,18-4-2)19(15-11-7-5-8-12-15)16-13-9-6-10-14-16/h5-14H,3-4H2,1-2H3. The summed E-state index contributed by atoms with van der Waals surface area (Å²) in [7, 11) is -0.827. The number of rotatable bonds is 7. The molecule has 0 aliphatic rings. The Morgan fingerprint density at radius 1 is 0.810 bits per heavy atom. The van der Waals surface area contributed by atoms with Crippen LogP contribution in [-0.4, -0.2) is 13.2 Å².